The molecule has 0 saturated carbocycles. The lowest BCUT2D eigenvalue weighted by Crippen LogP contribution is -2.61. The van der Waals surface area contributed by atoms with Gasteiger partial charge in [-0.2, -0.15) is 0 Å². The number of anilines is 8. The van der Waals surface area contributed by atoms with E-state index in [0.717, 1.165) is 64.7 Å². The van der Waals surface area contributed by atoms with Crippen molar-refractivity contribution in [3.63, 3.8) is 0 Å². The molecule has 0 amide bonds. The van der Waals surface area contributed by atoms with Crippen molar-refractivity contribution in [1.82, 2.24) is 0 Å². The van der Waals surface area contributed by atoms with Crippen molar-refractivity contribution < 1.29 is 4.42 Å². The highest BCUT2D eigenvalue weighted by molar-refractivity contribution is 7.26. The third kappa shape index (κ3) is 8.22. The molecule has 0 bridgehead atoms. The van der Waals surface area contributed by atoms with E-state index >= 15 is 0 Å². The largest absolute Gasteiger partial charge is 0.455 e. The normalized spacial score (nSPS) is 16.9. The van der Waals surface area contributed by atoms with Gasteiger partial charge in [0.15, 0.2) is 0 Å². The number of hydrogen-bond acceptors (Lipinski definition) is 5. The third-order valence-corrected chi connectivity index (χ3v) is 22.2. The lowest BCUT2D eigenvalue weighted by molar-refractivity contribution is 0.332. The molecule has 10 aromatic carbocycles. The van der Waals surface area contributed by atoms with E-state index in [1.807, 2.05) is 11.3 Å². The van der Waals surface area contributed by atoms with Crippen LogP contribution in [0.2, 0.25) is 0 Å². The predicted octanol–water partition coefficient (Wildman–Crippen LogP) is 22.1. The average Bonchev–Trinajstić information content (AvgIpc) is 1.66. The molecular weight excluding hydrogens is 1070 g/mol. The van der Waals surface area contributed by atoms with Crippen LogP contribution in [0.1, 0.15) is 135 Å². The van der Waals surface area contributed by atoms with Crippen molar-refractivity contribution in [1.29, 1.82) is 0 Å². The molecule has 4 aliphatic rings. The van der Waals surface area contributed by atoms with Crippen LogP contribution >= 0.6 is 11.3 Å². The fraction of sp³-hybridized carbons (Fsp3) is 0.259. The summed E-state index contributed by atoms with van der Waals surface area (Å²) in [5, 5.41) is 4.84. The van der Waals surface area contributed by atoms with Gasteiger partial charge >= 0.3 is 6.85 Å². The number of furan rings is 1. The first-order valence-corrected chi connectivity index (χ1v) is 32.5. The molecule has 0 radical (unpaired) electrons. The summed E-state index contributed by atoms with van der Waals surface area (Å²) < 4.78 is 9.96. The van der Waals surface area contributed by atoms with Crippen LogP contribution in [0, 0.1) is 6.92 Å². The number of fused-ring (bicyclic) bond motifs is 14. The minimum Gasteiger partial charge on any atom is -0.455 e. The second kappa shape index (κ2) is 18.8. The van der Waals surface area contributed by atoms with E-state index in [-0.39, 0.29) is 33.9 Å². The van der Waals surface area contributed by atoms with Gasteiger partial charge in [-0.15, -0.1) is 11.3 Å². The van der Waals surface area contributed by atoms with Crippen molar-refractivity contribution in [2.45, 2.75) is 136 Å². The summed E-state index contributed by atoms with van der Waals surface area (Å²) in [6, 6.07) is 74.6. The highest BCUT2D eigenvalue weighted by Gasteiger charge is 2.49. The molecule has 16 rings (SSSR count). The van der Waals surface area contributed by atoms with Crippen molar-refractivity contribution in [3.05, 3.63) is 228 Å². The van der Waals surface area contributed by atoms with E-state index in [9.17, 15) is 0 Å². The van der Waals surface area contributed by atoms with Crippen LogP contribution in [0.3, 0.4) is 0 Å². The second-order valence-corrected chi connectivity index (χ2v) is 30.5. The van der Waals surface area contributed by atoms with Gasteiger partial charge in [-0.1, -0.05) is 197 Å². The zero-order chi connectivity index (χ0) is 59.8. The van der Waals surface area contributed by atoms with Crippen LogP contribution < -0.4 is 25.5 Å². The lowest BCUT2D eigenvalue weighted by Gasteiger charge is -2.48. The van der Waals surface area contributed by atoms with Crippen LogP contribution in [0.15, 0.2) is 199 Å². The fourth-order valence-corrected chi connectivity index (χ4v) is 17.0. The van der Waals surface area contributed by atoms with Gasteiger partial charge in [0.1, 0.15) is 11.2 Å². The zero-order valence-corrected chi connectivity index (χ0v) is 53.4. The predicted molar refractivity (Wildman–Crippen MR) is 374 cm³/mol. The van der Waals surface area contributed by atoms with E-state index in [1.54, 1.807) is 0 Å². The number of rotatable bonds is 6. The van der Waals surface area contributed by atoms with Crippen molar-refractivity contribution >= 4 is 117 Å². The summed E-state index contributed by atoms with van der Waals surface area (Å²) >= 11 is 1.93. The van der Waals surface area contributed by atoms with Gasteiger partial charge in [0, 0.05) is 77.2 Å². The number of para-hydroxylation sites is 1. The molecule has 0 unspecified atom stereocenters. The van der Waals surface area contributed by atoms with Crippen LogP contribution in [0.5, 0.6) is 0 Å². The highest BCUT2D eigenvalue weighted by Crippen LogP contribution is 2.58. The molecule has 0 fully saturated rings. The topological polar surface area (TPSA) is 22.9 Å². The van der Waals surface area contributed by atoms with Gasteiger partial charge < -0.3 is 19.0 Å². The van der Waals surface area contributed by atoms with E-state index in [1.165, 1.54) is 115 Å². The van der Waals surface area contributed by atoms with E-state index in [2.05, 4.69) is 292 Å². The van der Waals surface area contributed by atoms with Crippen LogP contribution in [0.4, 0.5) is 45.5 Å². The minimum absolute atomic E-state index is 0.00256. The van der Waals surface area contributed by atoms with Crippen LogP contribution in [-0.2, 0) is 27.1 Å². The molecule has 0 atom stereocenters. The molecule has 87 heavy (non-hydrogen) atoms. The molecule has 4 nitrogen and oxygen atoms in total. The fourth-order valence-electron chi connectivity index (χ4n) is 15.8. The van der Waals surface area contributed by atoms with Crippen LogP contribution in [-0.4, -0.2) is 6.85 Å². The second-order valence-electron chi connectivity index (χ2n) is 29.4. The molecule has 4 heterocycles. The highest BCUT2D eigenvalue weighted by atomic mass is 32.1. The Hall–Kier alpha value is -8.32. The number of nitrogens with zero attached hydrogens (tertiary/aromatic N) is 3. The van der Waals surface area contributed by atoms with Gasteiger partial charge in [-0.3, -0.25) is 0 Å². The van der Waals surface area contributed by atoms with Crippen molar-refractivity contribution in [2.24, 2.45) is 0 Å². The molecule has 6 heteroatoms. The molecule has 0 saturated heterocycles. The van der Waals surface area contributed by atoms with Crippen molar-refractivity contribution in [3.8, 4) is 22.3 Å². The van der Waals surface area contributed by atoms with E-state index < -0.39 is 0 Å². The monoisotopic (exact) mass is 1150 g/mol. The number of benzene rings is 10. The Kier molecular flexibility index (Phi) is 11.7. The van der Waals surface area contributed by atoms with E-state index in [0.29, 0.717) is 0 Å². The average molecular weight is 1150 g/mol. The zero-order valence-electron chi connectivity index (χ0n) is 52.5. The number of hydrogen-bond donors (Lipinski definition) is 0. The molecule has 12 aromatic rings. The van der Waals surface area contributed by atoms with Crippen molar-refractivity contribution in [2.75, 3.05) is 14.6 Å². The quantitative estimate of drug-likeness (QED) is 0.155. The maximum absolute atomic E-state index is 7.37. The molecule has 2 aromatic heterocycles. The Morgan fingerprint density at radius 3 is 1.79 bits per heavy atom. The lowest BCUT2D eigenvalue weighted by atomic mass is 9.43. The number of thiophene rings is 1. The van der Waals surface area contributed by atoms with Gasteiger partial charge in [0.05, 0.1) is 10.4 Å². The molecule has 2 aliphatic carbocycles. The Morgan fingerprint density at radius 2 is 1.09 bits per heavy atom. The maximum Gasteiger partial charge on any atom is 0.333 e. The van der Waals surface area contributed by atoms with Gasteiger partial charge in [0.2, 0.25) is 0 Å². The molecule has 0 spiro atoms. The molecule has 430 valence electrons. The van der Waals surface area contributed by atoms with E-state index in [4.69, 9.17) is 4.42 Å². The number of aryl methyl sites for hydroxylation is 1. The molecule has 0 N–H and O–H groups in total. The minimum atomic E-state index is -0.257. The summed E-state index contributed by atoms with van der Waals surface area (Å²) in [7, 11) is 0. The standard InChI is InChI=1S/C81H76BN3OS/c1-49-44-63-65(81(11,12)43-42-79(63,7)8)48-67(49)84-68-46-55(83(54-32-28-52(29-33-54)77(2,3)4)53-30-26-51(27-31-53)50-20-14-13-15-21-50)35-39-66(68)82-73-69(84)47-61-57-22-16-18-24-70(57)86-75(61)72(73)60-37-36-59-58-23-17-19-25-71(58)87-76(59)74(60)85(82)56-34-38-62-64(45-56)80(9,10)41-40-78(62,5)6/h13-39,44-48H,40-43H2,1-12H3. The maximum atomic E-state index is 7.37. The molecular formula is C81H76BN3OS. The smallest absolute Gasteiger partial charge is 0.333 e. The van der Waals surface area contributed by atoms with Crippen LogP contribution in [0.25, 0.3) is 64.4 Å². The molecule has 2 aliphatic heterocycles. The summed E-state index contributed by atoms with van der Waals surface area (Å²) in [5.41, 5.74) is 27.0. The Bertz CT molecular complexity index is 4820. The van der Waals surface area contributed by atoms with Gasteiger partial charge in [0.25, 0.3) is 0 Å². The summed E-state index contributed by atoms with van der Waals surface area (Å²) in [5.74, 6) is 0. The summed E-state index contributed by atoms with van der Waals surface area (Å²) in [6.07, 6.45) is 4.57. The first kappa shape index (κ1) is 54.1. The van der Waals surface area contributed by atoms with Gasteiger partial charge in [-0.05, 0) is 188 Å². The first-order valence-electron chi connectivity index (χ1n) is 31.7. The van der Waals surface area contributed by atoms with Gasteiger partial charge in [-0.25, -0.2) is 0 Å². The Morgan fingerprint density at radius 1 is 0.494 bits per heavy atom. The Labute approximate surface area is 518 Å². The first-order chi connectivity index (χ1) is 41.6. The summed E-state index contributed by atoms with van der Waals surface area (Å²) in [4.78, 5) is 7.97. The Balaban J connectivity index is 1.04. The third-order valence-electron chi connectivity index (χ3n) is 21.0. The SMILES string of the molecule is Cc1cc2c(cc1N1c3cc(N(c4ccc(-c5ccccc5)cc4)c4ccc(C(C)(C)C)cc4)ccc3B3c4c1cc1c(oc5ccccc51)c4-c1ccc4c(sc5ccccc54)c1N3c1ccc3c(c1)C(C)(C)CCC3(C)C)C(C)(C)CCC2(C)C. The summed E-state index contributed by atoms with van der Waals surface area (Å²) in [6.45, 7) is 28.7.